The number of aryl methyl sites for hydroxylation is 2. The molecule has 0 unspecified atom stereocenters. The summed E-state index contributed by atoms with van der Waals surface area (Å²) in [6, 6.07) is 41.8. The summed E-state index contributed by atoms with van der Waals surface area (Å²) in [5.74, 6) is 0. The molecule has 0 saturated heterocycles. The van der Waals surface area contributed by atoms with E-state index < -0.39 is 0 Å². The van der Waals surface area contributed by atoms with Gasteiger partial charge in [0, 0.05) is 0 Å². The van der Waals surface area contributed by atoms with Crippen molar-refractivity contribution < 1.29 is 0 Å². The lowest BCUT2D eigenvalue weighted by Crippen LogP contribution is -1.85. The van der Waals surface area contributed by atoms with Gasteiger partial charge in [0.15, 0.2) is 0 Å². The molecule has 0 heteroatoms. The van der Waals surface area contributed by atoms with Crippen LogP contribution >= 0.6 is 0 Å². The van der Waals surface area contributed by atoms with Crippen molar-refractivity contribution in [1.29, 1.82) is 0 Å². The van der Waals surface area contributed by atoms with Crippen LogP contribution in [0.4, 0.5) is 0 Å². The van der Waals surface area contributed by atoms with Gasteiger partial charge in [-0.2, -0.15) is 0 Å². The largest absolute Gasteiger partial charge is 0.0683 e. The first-order valence-corrected chi connectivity index (χ1v) is 17.5. The maximum absolute atomic E-state index is 2.28. The summed E-state index contributed by atoms with van der Waals surface area (Å²) in [5.41, 5.74) is 5.63. The quantitative estimate of drug-likeness (QED) is 0.222. The van der Waals surface area contributed by atoms with Crippen LogP contribution in [0.3, 0.4) is 0 Å². The lowest BCUT2D eigenvalue weighted by Gasteiger charge is -2.00. The van der Waals surface area contributed by atoms with E-state index in [1.165, 1.54) is 22.3 Å². The maximum atomic E-state index is 2.28. The molecule has 0 nitrogen and oxygen atoms in total. The van der Waals surface area contributed by atoms with E-state index in [1.54, 1.807) is 0 Å². The molecule has 0 spiro atoms. The highest BCUT2D eigenvalue weighted by atomic mass is 14.0. The fraction of sp³-hybridized carbons (Fsp3) is 0.442. The molecule has 4 aromatic rings. The third-order valence-corrected chi connectivity index (χ3v) is 4.57. The summed E-state index contributed by atoms with van der Waals surface area (Å²) >= 11 is 0. The fourth-order valence-corrected chi connectivity index (χ4v) is 2.88. The van der Waals surface area contributed by atoms with Crippen molar-refractivity contribution in [3.8, 4) is 0 Å². The Balaban J connectivity index is -0.000000102. The lowest BCUT2D eigenvalue weighted by atomic mass is 10.1. The highest BCUT2D eigenvalue weighted by Gasteiger charge is 1.92. The third-order valence-electron chi connectivity index (χ3n) is 4.57. The van der Waals surface area contributed by atoms with Gasteiger partial charge in [-0.05, 0) is 41.5 Å². The van der Waals surface area contributed by atoms with Crippen LogP contribution in [0.5, 0.6) is 0 Å². The molecule has 0 atom stereocenters. The first kappa shape index (κ1) is 52.5. The van der Waals surface area contributed by atoms with Gasteiger partial charge >= 0.3 is 0 Å². The van der Waals surface area contributed by atoms with Crippen molar-refractivity contribution in [3.05, 3.63) is 144 Å². The maximum Gasteiger partial charge on any atom is -0.00258 e. The highest BCUT2D eigenvalue weighted by Crippen LogP contribution is 2.08. The van der Waals surface area contributed by atoms with Crippen molar-refractivity contribution in [2.45, 2.75) is 130 Å². The van der Waals surface area contributed by atoms with E-state index in [2.05, 4.69) is 98.8 Å². The second kappa shape index (κ2) is 54.9. The molecule has 4 aromatic carbocycles. The summed E-state index contributed by atoms with van der Waals surface area (Å²) in [4.78, 5) is 0. The molecule has 0 fully saturated rings. The van der Waals surface area contributed by atoms with Crippen LogP contribution in [0.2, 0.25) is 0 Å². The van der Waals surface area contributed by atoms with Gasteiger partial charge in [0.2, 0.25) is 0 Å². The lowest BCUT2D eigenvalue weighted by molar-refractivity contribution is 1.09. The molecule has 0 aliphatic heterocycles. The standard InChI is InChI=1S/C13H12.C10H14.C6H6.7C2H6/c1-3-7-12(8-4-1)11-13-9-5-2-6-10-13;1-3-9-6-5-7-10(4-2)8-9;1-2-4-6-5-3-1;7*1-2/h1-10H,11H2;5-8H,3-4H2,1-2H3;1-6H;7*1-2H3. The Kier molecular flexibility index (Phi) is 67.0. The van der Waals surface area contributed by atoms with E-state index in [0.717, 1.165) is 19.3 Å². The highest BCUT2D eigenvalue weighted by molar-refractivity contribution is 5.25. The molecule has 246 valence electrons. The average Bonchev–Trinajstić information content (AvgIpc) is 3.16. The first-order chi connectivity index (χ1) is 21.3. The molecule has 0 heterocycles. The van der Waals surface area contributed by atoms with E-state index in [-0.39, 0.29) is 0 Å². The van der Waals surface area contributed by atoms with Crippen LogP contribution in [-0.2, 0) is 19.3 Å². The molecular formula is C43H74. The molecule has 0 aromatic heterocycles. The van der Waals surface area contributed by atoms with E-state index in [0.29, 0.717) is 0 Å². The van der Waals surface area contributed by atoms with Gasteiger partial charge in [-0.1, -0.05) is 232 Å². The topological polar surface area (TPSA) is 0 Å². The zero-order valence-electron chi connectivity index (χ0n) is 31.7. The van der Waals surface area contributed by atoms with Crippen LogP contribution < -0.4 is 0 Å². The number of rotatable bonds is 4. The number of benzene rings is 4. The van der Waals surface area contributed by atoms with Crippen LogP contribution in [0.25, 0.3) is 0 Å². The van der Waals surface area contributed by atoms with E-state index in [1.807, 2.05) is 133 Å². The summed E-state index contributed by atoms with van der Waals surface area (Å²) in [6.07, 6.45) is 3.32. The van der Waals surface area contributed by atoms with Gasteiger partial charge < -0.3 is 0 Å². The molecule has 0 aliphatic carbocycles. The number of hydrogen-bond acceptors (Lipinski definition) is 0. The molecule has 0 bridgehead atoms. The van der Waals surface area contributed by atoms with Crippen LogP contribution in [0.1, 0.15) is 133 Å². The van der Waals surface area contributed by atoms with Crippen molar-refractivity contribution in [3.63, 3.8) is 0 Å². The summed E-state index contributed by atoms with van der Waals surface area (Å²) in [6.45, 7) is 32.4. The molecule has 0 saturated carbocycles. The molecule has 0 radical (unpaired) electrons. The minimum Gasteiger partial charge on any atom is -0.0683 e. The zero-order valence-corrected chi connectivity index (χ0v) is 31.7. The van der Waals surface area contributed by atoms with Gasteiger partial charge in [0.05, 0.1) is 0 Å². The predicted molar refractivity (Wildman–Crippen MR) is 207 cm³/mol. The van der Waals surface area contributed by atoms with Gasteiger partial charge in [-0.3, -0.25) is 0 Å². The fourth-order valence-electron chi connectivity index (χ4n) is 2.88. The normalized spacial score (nSPS) is 7.35. The average molecular weight is 591 g/mol. The van der Waals surface area contributed by atoms with Crippen LogP contribution in [0, 0.1) is 0 Å². The third kappa shape index (κ3) is 38.9. The Morgan fingerprint density at radius 1 is 0.279 bits per heavy atom. The summed E-state index contributed by atoms with van der Waals surface area (Å²) in [7, 11) is 0. The smallest absolute Gasteiger partial charge is 0.00258 e. The van der Waals surface area contributed by atoms with Crippen molar-refractivity contribution in [2.24, 2.45) is 0 Å². The van der Waals surface area contributed by atoms with Crippen molar-refractivity contribution in [2.75, 3.05) is 0 Å². The minimum absolute atomic E-state index is 1.03. The van der Waals surface area contributed by atoms with Crippen molar-refractivity contribution >= 4 is 0 Å². The Morgan fingerprint density at radius 3 is 0.721 bits per heavy atom. The van der Waals surface area contributed by atoms with Crippen LogP contribution in [0.15, 0.2) is 121 Å². The monoisotopic (exact) mass is 591 g/mol. The summed E-state index contributed by atoms with van der Waals surface area (Å²) in [5, 5.41) is 0. The van der Waals surface area contributed by atoms with Crippen molar-refractivity contribution in [1.82, 2.24) is 0 Å². The molecule has 43 heavy (non-hydrogen) atoms. The molecule has 0 amide bonds. The molecule has 4 rings (SSSR count). The minimum atomic E-state index is 1.03. The van der Waals surface area contributed by atoms with Crippen LogP contribution in [-0.4, -0.2) is 0 Å². The summed E-state index contributed by atoms with van der Waals surface area (Å²) < 4.78 is 0. The van der Waals surface area contributed by atoms with Gasteiger partial charge in [-0.15, -0.1) is 0 Å². The van der Waals surface area contributed by atoms with E-state index >= 15 is 0 Å². The second-order valence-corrected chi connectivity index (χ2v) is 6.83. The molecule has 0 aliphatic rings. The predicted octanol–water partition coefficient (Wildman–Crippen LogP) is 15.0. The SMILES string of the molecule is CC.CC.CC.CC.CC.CC.CC.CCc1cccc(CC)c1.c1ccc(Cc2ccccc2)cc1.c1ccccc1. The Bertz CT molecular complexity index is 797. The first-order valence-electron chi connectivity index (χ1n) is 17.5. The Hall–Kier alpha value is -3.12. The van der Waals surface area contributed by atoms with E-state index in [9.17, 15) is 0 Å². The van der Waals surface area contributed by atoms with Gasteiger partial charge in [-0.25, -0.2) is 0 Å². The molecular weight excluding hydrogens is 516 g/mol. The second-order valence-electron chi connectivity index (χ2n) is 6.83. The number of hydrogen-bond donors (Lipinski definition) is 0. The molecule has 0 N–H and O–H groups in total. The zero-order chi connectivity index (χ0) is 34.6. The van der Waals surface area contributed by atoms with E-state index in [4.69, 9.17) is 0 Å². The van der Waals surface area contributed by atoms with Gasteiger partial charge in [0.25, 0.3) is 0 Å². The Morgan fingerprint density at radius 2 is 0.488 bits per heavy atom. The van der Waals surface area contributed by atoms with Gasteiger partial charge in [0.1, 0.15) is 0 Å². The Labute approximate surface area is 273 Å².